The summed E-state index contributed by atoms with van der Waals surface area (Å²) in [6, 6.07) is 9.14. The smallest absolute Gasteiger partial charge is 0.315 e. The van der Waals surface area contributed by atoms with Gasteiger partial charge in [0.2, 0.25) is 5.91 Å². The minimum absolute atomic E-state index is 0.0378. The molecule has 2 atom stereocenters. The molecule has 0 heterocycles. The molecule has 0 saturated heterocycles. The fraction of sp³-hybridized carbons (Fsp3) is 0.444. The van der Waals surface area contributed by atoms with Crippen molar-refractivity contribution >= 4 is 11.9 Å². The van der Waals surface area contributed by atoms with E-state index in [1.54, 1.807) is 0 Å². The fourth-order valence-corrected chi connectivity index (χ4v) is 2.95. The summed E-state index contributed by atoms with van der Waals surface area (Å²) in [5.74, 6) is -0.978. The average Bonchev–Trinajstić information content (AvgIpc) is 2.57. The predicted molar refractivity (Wildman–Crippen MR) is 85.5 cm³/mol. The van der Waals surface area contributed by atoms with Crippen LogP contribution in [0, 0.1) is 5.92 Å². The first-order valence-electron chi connectivity index (χ1n) is 7.82. The Morgan fingerprint density at radius 2 is 2.00 bits per heavy atom. The second-order valence-corrected chi connectivity index (χ2v) is 5.81. The third kappa shape index (κ3) is 3.38. The lowest BCUT2D eigenvalue weighted by atomic mass is 9.77. The van der Waals surface area contributed by atoms with E-state index in [4.69, 9.17) is 0 Å². The van der Waals surface area contributed by atoms with Crippen molar-refractivity contribution in [3.05, 3.63) is 48.0 Å². The predicted octanol–water partition coefficient (Wildman–Crippen LogP) is 2.89. The minimum Gasteiger partial charge on any atom is -0.481 e. The molecule has 1 aromatic carbocycles. The van der Waals surface area contributed by atoms with E-state index in [1.165, 1.54) is 0 Å². The van der Waals surface area contributed by atoms with Crippen LogP contribution in [0.5, 0.6) is 0 Å². The molecule has 4 nitrogen and oxygen atoms in total. The highest BCUT2D eigenvalue weighted by molar-refractivity contribution is 5.84. The lowest BCUT2D eigenvalue weighted by Crippen LogP contribution is -2.47. The van der Waals surface area contributed by atoms with Crippen LogP contribution in [-0.2, 0) is 15.0 Å². The molecule has 1 amide bonds. The van der Waals surface area contributed by atoms with Gasteiger partial charge in [-0.2, -0.15) is 0 Å². The van der Waals surface area contributed by atoms with Gasteiger partial charge in [0.25, 0.3) is 0 Å². The van der Waals surface area contributed by atoms with Crippen LogP contribution in [0.1, 0.15) is 38.2 Å². The summed E-state index contributed by atoms with van der Waals surface area (Å²) < 4.78 is 0. The van der Waals surface area contributed by atoms with E-state index >= 15 is 0 Å². The largest absolute Gasteiger partial charge is 0.481 e. The van der Waals surface area contributed by atoms with Crippen LogP contribution in [0.2, 0.25) is 0 Å². The number of hydrogen-bond acceptors (Lipinski definition) is 2. The molecule has 2 unspecified atom stereocenters. The maximum Gasteiger partial charge on any atom is 0.315 e. The standard InChI is InChI=1S/C18H23NO3/c1-2-18(17(21)22,15-11-7-4-8-12-15)13-19-16(20)14-9-5-3-6-10-14/h3-5,7-8,11-12,14H,2,6,9-10,13H2,1H3,(H,19,20)(H,21,22). The van der Waals surface area contributed by atoms with Gasteiger partial charge in [-0.3, -0.25) is 9.59 Å². The van der Waals surface area contributed by atoms with Crippen molar-refractivity contribution in [1.29, 1.82) is 0 Å². The molecule has 0 fully saturated rings. The summed E-state index contributed by atoms with van der Waals surface area (Å²) in [5, 5.41) is 12.6. The second kappa shape index (κ2) is 7.25. The van der Waals surface area contributed by atoms with Gasteiger partial charge in [0, 0.05) is 12.5 Å². The summed E-state index contributed by atoms with van der Waals surface area (Å²) in [6.07, 6.45) is 7.02. The highest BCUT2D eigenvalue weighted by Crippen LogP contribution is 2.28. The van der Waals surface area contributed by atoms with Gasteiger partial charge < -0.3 is 10.4 Å². The summed E-state index contributed by atoms with van der Waals surface area (Å²) in [6.45, 7) is 1.97. The van der Waals surface area contributed by atoms with Crippen molar-refractivity contribution in [2.24, 2.45) is 5.92 Å². The molecule has 1 aliphatic rings. The minimum atomic E-state index is -1.07. The number of hydrogen-bond donors (Lipinski definition) is 2. The van der Waals surface area contributed by atoms with Gasteiger partial charge in [-0.25, -0.2) is 0 Å². The Bertz CT molecular complexity index is 553. The van der Waals surface area contributed by atoms with Crippen LogP contribution >= 0.6 is 0 Å². The fourth-order valence-electron chi connectivity index (χ4n) is 2.95. The SMILES string of the molecule is CCC(CNC(=O)C1CC=CCC1)(C(=O)O)c1ccccc1. The van der Waals surface area contributed by atoms with Gasteiger partial charge in [-0.15, -0.1) is 0 Å². The number of aliphatic carboxylic acids is 1. The zero-order chi connectivity index (χ0) is 16.0. The summed E-state index contributed by atoms with van der Waals surface area (Å²) >= 11 is 0. The average molecular weight is 301 g/mol. The molecule has 118 valence electrons. The van der Waals surface area contributed by atoms with Crippen molar-refractivity contribution in [2.45, 2.75) is 38.0 Å². The summed E-state index contributed by atoms with van der Waals surface area (Å²) in [5.41, 5.74) is -0.338. The van der Waals surface area contributed by atoms with Gasteiger partial charge in [-0.05, 0) is 31.2 Å². The number of carboxylic acids is 1. The van der Waals surface area contributed by atoms with E-state index < -0.39 is 11.4 Å². The zero-order valence-corrected chi connectivity index (χ0v) is 12.9. The van der Waals surface area contributed by atoms with Gasteiger partial charge in [0.05, 0.1) is 0 Å². The molecular weight excluding hydrogens is 278 g/mol. The van der Waals surface area contributed by atoms with Crippen molar-refractivity contribution in [3.8, 4) is 0 Å². The number of amides is 1. The Hall–Kier alpha value is -2.10. The number of carbonyl (C=O) groups is 2. The van der Waals surface area contributed by atoms with Gasteiger partial charge in [0.15, 0.2) is 0 Å². The Labute approximate surface area is 131 Å². The second-order valence-electron chi connectivity index (χ2n) is 5.81. The van der Waals surface area contributed by atoms with E-state index in [2.05, 4.69) is 11.4 Å². The van der Waals surface area contributed by atoms with Crippen LogP contribution in [-0.4, -0.2) is 23.5 Å². The van der Waals surface area contributed by atoms with E-state index in [1.807, 2.05) is 43.3 Å². The molecular formula is C18H23NO3. The molecule has 1 aromatic rings. The van der Waals surface area contributed by atoms with E-state index in [9.17, 15) is 14.7 Å². The van der Waals surface area contributed by atoms with Crippen LogP contribution in [0.4, 0.5) is 0 Å². The van der Waals surface area contributed by atoms with Gasteiger partial charge in [-0.1, -0.05) is 49.4 Å². The monoisotopic (exact) mass is 301 g/mol. The molecule has 0 aliphatic heterocycles. The molecule has 0 bridgehead atoms. The van der Waals surface area contributed by atoms with E-state index in [-0.39, 0.29) is 18.4 Å². The van der Waals surface area contributed by atoms with Gasteiger partial charge in [0.1, 0.15) is 5.41 Å². The third-order valence-corrected chi connectivity index (χ3v) is 4.54. The topological polar surface area (TPSA) is 66.4 Å². The third-order valence-electron chi connectivity index (χ3n) is 4.54. The highest BCUT2D eigenvalue weighted by atomic mass is 16.4. The Morgan fingerprint density at radius 3 is 2.55 bits per heavy atom. The van der Waals surface area contributed by atoms with Crippen LogP contribution < -0.4 is 5.32 Å². The summed E-state index contributed by atoms with van der Waals surface area (Å²) in [4.78, 5) is 24.2. The molecule has 1 aliphatic carbocycles. The quantitative estimate of drug-likeness (QED) is 0.794. The van der Waals surface area contributed by atoms with E-state index in [0.29, 0.717) is 6.42 Å². The lowest BCUT2D eigenvalue weighted by molar-refractivity contribution is -0.144. The number of rotatable bonds is 6. The number of allylic oxidation sites excluding steroid dienone is 2. The maximum atomic E-state index is 12.3. The zero-order valence-electron chi connectivity index (χ0n) is 12.9. The van der Waals surface area contributed by atoms with Crippen molar-refractivity contribution in [3.63, 3.8) is 0 Å². The number of carbonyl (C=O) groups excluding carboxylic acids is 1. The van der Waals surface area contributed by atoms with Crippen LogP contribution in [0.25, 0.3) is 0 Å². The van der Waals surface area contributed by atoms with Crippen molar-refractivity contribution in [2.75, 3.05) is 6.54 Å². The molecule has 2 N–H and O–H groups in total. The first kappa shape index (κ1) is 16.3. The van der Waals surface area contributed by atoms with Crippen molar-refractivity contribution < 1.29 is 14.7 Å². The normalized spacial score (nSPS) is 20.1. The molecule has 0 radical (unpaired) electrons. The Morgan fingerprint density at radius 1 is 1.27 bits per heavy atom. The molecule has 0 spiro atoms. The van der Waals surface area contributed by atoms with Crippen LogP contribution in [0.15, 0.2) is 42.5 Å². The molecule has 4 heteroatoms. The highest BCUT2D eigenvalue weighted by Gasteiger charge is 2.39. The Balaban J connectivity index is 2.12. The van der Waals surface area contributed by atoms with E-state index in [0.717, 1.165) is 24.8 Å². The maximum absolute atomic E-state index is 12.3. The number of benzene rings is 1. The molecule has 22 heavy (non-hydrogen) atoms. The van der Waals surface area contributed by atoms with Gasteiger partial charge >= 0.3 is 5.97 Å². The molecule has 2 rings (SSSR count). The molecule has 0 aromatic heterocycles. The first-order valence-corrected chi connectivity index (χ1v) is 7.82. The molecule has 0 saturated carbocycles. The van der Waals surface area contributed by atoms with Crippen LogP contribution in [0.3, 0.4) is 0 Å². The Kier molecular flexibility index (Phi) is 5.36. The summed E-state index contributed by atoms with van der Waals surface area (Å²) in [7, 11) is 0. The number of nitrogens with one attached hydrogen (secondary N) is 1. The lowest BCUT2D eigenvalue weighted by Gasteiger charge is -2.30. The first-order chi connectivity index (χ1) is 10.6. The van der Waals surface area contributed by atoms with Crippen molar-refractivity contribution in [1.82, 2.24) is 5.32 Å². The number of carboxylic acid groups (broad SMARTS) is 1.